The van der Waals surface area contributed by atoms with Crippen molar-refractivity contribution >= 4 is 10.0 Å². The highest BCUT2D eigenvalue weighted by Gasteiger charge is 2.24. The Hall–Kier alpha value is -1.12. The van der Waals surface area contributed by atoms with Crippen LogP contribution in [0.5, 0.6) is 0 Å². The van der Waals surface area contributed by atoms with Gasteiger partial charge in [-0.2, -0.15) is 0 Å². The lowest BCUT2D eigenvalue weighted by Gasteiger charge is -2.14. The summed E-state index contributed by atoms with van der Waals surface area (Å²) in [6.07, 6.45) is 0. The minimum absolute atomic E-state index is 0.00854. The van der Waals surface area contributed by atoms with Crippen molar-refractivity contribution in [2.45, 2.75) is 24.8 Å². The van der Waals surface area contributed by atoms with Crippen LogP contribution in [-0.4, -0.2) is 27.5 Å². The lowest BCUT2D eigenvalue weighted by molar-refractivity contribution is 0.431. The third-order valence-corrected chi connectivity index (χ3v) is 3.86. The third kappa shape index (κ3) is 3.92. The van der Waals surface area contributed by atoms with E-state index in [4.69, 9.17) is 0 Å². The maximum absolute atomic E-state index is 13.4. The molecular formula is C11H15F3N2O2S. The third-order valence-electron chi connectivity index (χ3n) is 2.42. The minimum Gasteiger partial charge on any atom is -0.313 e. The minimum atomic E-state index is -4.22. The summed E-state index contributed by atoms with van der Waals surface area (Å²) in [7, 11) is -4.22. The van der Waals surface area contributed by atoms with E-state index in [2.05, 4.69) is 10.0 Å². The van der Waals surface area contributed by atoms with Crippen LogP contribution in [-0.2, 0) is 10.0 Å². The molecule has 8 heteroatoms. The average molecular weight is 296 g/mol. The first-order valence-corrected chi connectivity index (χ1v) is 7.14. The van der Waals surface area contributed by atoms with Crippen LogP contribution in [0, 0.1) is 17.5 Å². The molecule has 0 spiro atoms. The molecule has 1 aromatic carbocycles. The van der Waals surface area contributed by atoms with Gasteiger partial charge in [-0.3, -0.25) is 0 Å². The first-order valence-electron chi connectivity index (χ1n) is 5.66. The van der Waals surface area contributed by atoms with Crippen molar-refractivity contribution in [2.75, 3.05) is 13.1 Å². The first kappa shape index (κ1) is 15.9. The Morgan fingerprint density at radius 3 is 2.42 bits per heavy atom. The van der Waals surface area contributed by atoms with Crippen LogP contribution in [0.4, 0.5) is 13.2 Å². The van der Waals surface area contributed by atoms with Gasteiger partial charge in [-0.05, 0) is 25.6 Å². The lowest BCUT2D eigenvalue weighted by Crippen LogP contribution is -2.39. The van der Waals surface area contributed by atoms with Crippen molar-refractivity contribution in [3.8, 4) is 0 Å². The molecule has 0 bridgehead atoms. The highest BCUT2D eigenvalue weighted by atomic mass is 32.2. The number of rotatable bonds is 6. The zero-order chi connectivity index (χ0) is 14.6. The van der Waals surface area contributed by atoms with Crippen molar-refractivity contribution in [3.05, 3.63) is 29.6 Å². The van der Waals surface area contributed by atoms with Crippen LogP contribution in [0.15, 0.2) is 17.0 Å². The number of benzene rings is 1. The molecule has 19 heavy (non-hydrogen) atoms. The Labute approximate surface area is 110 Å². The SMILES string of the molecule is CCN[C@H](C)CNS(=O)(=O)c1ccc(F)c(F)c1F. The molecule has 0 saturated carbocycles. The fourth-order valence-corrected chi connectivity index (χ4v) is 2.65. The fourth-order valence-electron chi connectivity index (χ4n) is 1.45. The zero-order valence-electron chi connectivity index (χ0n) is 10.5. The van der Waals surface area contributed by atoms with Gasteiger partial charge in [0.05, 0.1) is 0 Å². The van der Waals surface area contributed by atoms with Crippen LogP contribution < -0.4 is 10.0 Å². The van der Waals surface area contributed by atoms with Gasteiger partial charge in [-0.15, -0.1) is 0 Å². The molecule has 108 valence electrons. The molecule has 1 rings (SSSR count). The van der Waals surface area contributed by atoms with E-state index < -0.39 is 32.4 Å². The summed E-state index contributed by atoms with van der Waals surface area (Å²) in [4.78, 5) is -0.907. The molecule has 0 heterocycles. The van der Waals surface area contributed by atoms with Crippen molar-refractivity contribution in [1.82, 2.24) is 10.0 Å². The molecule has 0 radical (unpaired) electrons. The van der Waals surface area contributed by atoms with Gasteiger partial charge >= 0.3 is 0 Å². The summed E-state index contributed by atoms with van der Waals surface area (Å²) in [5, 5.41) is 2.95. The van der Waals surface area contributed by atoms with E-state index in [1.54, 1.807) is 6.92 Å². The van der Waals surface area contributed by atoms with E-state index >= 15 is 0 Å². The largest absolute Gasteiger partial charge is 0.313 e. The van der Waals surface area contributed by atoms with E-state index in [-0.39, 0.29) is 12.6 Å². The van der Waals surface area contributed by atoms with Gasteiger partial charge in [0.2, 0.25) is 10.0 Å². The monoisotopic (exact) mass is 296 g/mol. The highest BCUT2D eigenvalue weighted by Crippen LogP contribution is 2.19. The van der Waals surface area contributed by atoms with E-state index in [0.717, 1.165) is 0 Å². The summed E-state index contributed by atoms with van der Waals surface area (Å²) in [5.74, 6) is -4.95. The second-order valence-electron chi connectivity index (χ2n) is 3.98. The Bertz CT molecular complexity index is 549. The Morgan fingerprint density at radius 1 is 1.21 bits per heavy atom. The molecule has 0 aliphatic heterocycles. The summed E-state index contributed by atoms with van der Waals surface area (Å²) < 4.78 is 64.7. The quantitative estimate of drug-likeness (QED) is 0.780. The van der Waals surface area contributed by atoms with Gasteiger partial charge in [0.15, 0.2) is 17.5 Å². The molecule has 0 unspecified atom stereocenters. The molecule has 4 nitrogen and oxygen atoms in total. The van der Waals surface area contributed by atoms with Crippen LogP contribution in [0.2, 0.25) is 0 Å². The van der Waals surface area contributed by atoms with Crippen LogP contribution >= 0.6 is 0 Å². The van der Waals surface area contributed by atoms with E-state index in [1.165, 1.54) is 0 Å². The van der Waals surface area contributed by atoms with E-state index in [9.17, 15) is 21.6 Å². The summed E-state index contributed by atoms with van der Waals surface area (Å²) in [6, 6.07) is 1.09. The number of hydrogen-bond acceptors (Lipinski definition) is 3. The van der Waals surface area contributed by atoms with Gasteiger partial charge in [0, 0.05) is 12.6 Å². The maximum atomic E-state index is 13.4. The van der Waals surface area contributed by atoms with Crippen LogP contribution in [0.25, 0.3) is 0 Å². The van der Waals surface area contributed by atoms with Crippen molar-refractivity contribution in [1.29, 1.82) is 0 Å². The molecule has 0 aliphatic carbocycles. The van der Waals surface area contributed by atoms with E-state index in [1.807, 2.05) is 6.92 Å². The molecule has 0 aromatic heterocycles. The van der Waals surface area contributed by atoms with E-state index in [0.29, 0.717) is 18.7 Å². The topological polar surface area (TPSA) is 58.2 Å². The van der Waals surface area contributed by atoms with Crippen molar-refractivity contribution in [2.24, 2.45) is 0 Å². The predicted octanol–water partition coefficient (Wildman–Crippen LogP) is 1.38. The van der Waals surface area contributed by atoms with Crippen molar-refractivity contribution < 1.29 is 21.6 Å². The number of likely N-dealkylation sites (N-methyl/N-ethyl adjacent to an activating group) is 1. The standard InChI is InChI=1S/C11H15F3N2O2S/c1-3-15-7(2)6-16-19(17,18)9-5-4-8(12)10(13)11(9)14/h4-5,7,15-16H,3,6H2,1-2H3/t7-/m1/s1. The van der Waals surface area contributed by atoms with Gasteiger partial charge in [0.25, 0.3) is 0 Å². The van der Waals surface area contributed by atoms with Gasteiger partial charge in [0.1, 0.15) is 4.90 Å². The Morgan fingerprint density at radius 2 is 1.84 bits per heavy atom. The highest BCUT2D eigenvalue weighted by molar-refractivity contribution is 7.89. The first-order chi connectivity index (χ1) is 8.79. The zero-order valence-corrected chi connectivity index (χ0v) is 11.3. The normalized spacial score (nSPS) is 13.5. The number of nitrogens with one attached hydrogen (secondary N) is 2. The molecule has 1 atom stereocenters. The smallest absolute Gasteiger partial charge is 0.243 e. The maximum Gasteiger partial charge on any atom is 0.243 e. The number of sulfonamides is 1. The Kier molecular flexibility index (Phi) is 5.33. The van der Waals surface area contributed by atoms with Gasteiger partial charge in [-0.1, -0.05) is 6.92 Å². The summed E-state index contributed by atoms with van der Waals surface area (Å²) >= 11 is 0. The van der Waals surface area contributed by atoms with Gasteiger partial charge < -0.3 is 5.32 Å². The summed E-state index contributed by atoms with van der Waals surface area (Å²) in [5.41, 5.74) is 0. The average Bonchev–Trinajstić information content (AvgIpc) is 2.34. The summed E-state index contributed by atoms with van der Waals surface area (Å²) in [6.45, 7) is 4.23. The fraction of sp³-hybridized carbons (Fsp3) is 0.455. The molecular weight excluding hydrogens is 281 g/mol. The molecule has 1 aromatic rings. The van der Waals surface area contributed by atoms with Crippen molar-refractivity contribution in [3.63, 3.8) is 0 Å². The predicted molar refractivity (Wildman–Crippen MR) is 64.6 cm³/mol. The number of hydrogen-bond donors (Lipinski definition) is 2. The molecule has 0 aliphatic rings. The second kappa shape index (κ2) is 6.36. The molecule has 0 amide bonds. The molecule has 0 saturated heterocycles. The van der Waals surface area contributed by atoms with Gasteiger partial charge in [-0.25, -0.2) is 26.3 Å². The van der Waals surface area contributed by atoms with Crippen LogP contribution in [0.3, 0.4) is 0 Å². The molecule has 0 fully saturated rings. The van der Waals surface area contributed by atoms with Crippen LogP contribution in [0.1, 0.15) is 13.8 Å². The lowest BCUT2D eigenvalue weighted by atomic mass is 10.3. The Balaban J connectivity index is 2.92. The second-order valence-corrected chi connectivity index (χ2v) is 5.72. The number of halogens is 3. The molecule has 2 N–H and O–H groups in total.